The van der Waals surface area contributed by atoms with Gasteiger partial charge in [-0.1, -0.05) is 28.1 Å². The summed E-state index contributed by atoms with van der Waals surface area (Å²) in [5.74, 6) is 0. The quantitative estimate of drug-likeness (QED) is 0.680. The molecule has 156 valence electrons. The summed E-state index contributed by atoms with van der Waals surface area (Å²) in [6.07, 6.45) is 0. The van der Waals surface area contributed by atoms with Gasteiger partial charge in [0, 0.05) is 62.7 Å². The molecule has 2 amide bonds. The van der Waals surface area contributed by atoms with Crippen molar-refractivity contribution < 1.29 is 9.53 Å². The Morgan fingerprint density at radius 1 is 1.07 bits per heavy atom. The molecule has 3 rings (SSSR count). The van der Waals surface area contributed by atoms with Crippen LogP contribution in [0.3, 0.4) is 0 Å². The Labute approximate surface area is 181 Å². The highest BCUT2D eigenvalue weighted by Gasteiger charge is 2.17. The third-order valence-electron chi connectivity index (χ3n) is 5.00. The van der Waals surface area contributed by atoms with Crippen molar-refractivity contribution >= 4 is 33.3 Å². The topological polar surface area (TPSA) is 48.1 Å². The maximum absolute atomic E-state index is 13.0. The summed E-state index contributed by atoms with van der Waals surface area (Å²) in [7, 11) is 4.05. The predicted molar refractivity (Wildman–Crippen MR) is 122 cm³/mol. The second-order valence-electron chi connectivity index (χ2n) is 7.37. The highest BCUT2D eigenvalue weighted by molar-refractivity contribution is 9.10. The smallest absolute Gasteiger partial charge is 0.322 e. The molecular formula is C22H29BrN4O2. The molecule has 0 unspecified atom stereocenters. The number of halogens is 1. The normalized spacial score (nSPS) is 14.4. The Morgan fingerprint density at radius 2 is 1.72 bits per heavy atom. The fraction of sp³-hybridized carbons (Fsp3) is 0.409. The van der Waals surface area contributed by atoms with Crippen LogP contribution in [0.1, 0.15) is 5.56 Å². The molecule has 1 aliphatic heterocycles. The van der Waals surface area contributed by atoms with Gasteiger partial charge in [-0.2, -0.15) is 0 Å². The fourth-order valence-corrected chi connectivity index (χ4v) is 3.46. The molecular weight excluding hydrogens is 432 g/mol. The van der Waals surface area contributed by atoms with Gasteiger partial charge in [0.1, 0.15) is 0 Å². The number of urea groups is 1. The summed E-state index contributed by atoms with van der Waals surface area (Å²) in [5.41, 5.74) is 3.05. The molecule has 1 heterocycles. The zero-order valence-electron chi connectivity index (χ0n) is 17.1. The van der Waals surface area contributed by atoms with E-state index in [2.05, 4.69) is 55.3 Å². The zero-order chi connectivity index (χ0) is 20.6. The fourth-order valence-electron chi connectivity index (χ4n) is 3.19. The maximum Gasteiger partial charge on any atom is 0.322 e. The first-order valence-electron chi connectivity index (χ1n) is 9.89. The van der Waals surface area contributed by atoms with Gasteiger partial charge in [0.2, 0.25) is 0 Å². The van der Waals surface area contributed by atoms with Crippen LogP contribution < -0.4 is 10.2 Å². The number of ether oxygens (including phenoxy) is 1. The van der Waals surface area contributed by atoms with Crippen molar-refractivity contribution in [3.63, 3.8) is 0 Å². The predicted octanol–water partition coefficient (Wildman–Crippen LogP) is 3.88. The van der Waals surface area contributed by atoms with E-state index in [1.54, 1.807) is 0 Å². The number of amides is 2. The Balaban J connectivity index is 1.67. The lowest BCUT2D eigenvalue weighted by Crippen LogP contribution is -2.44. The van der Waals surface area contributed by atoms with E-state index in [-0.39, 0.29) is 6.03 Å². The molecule has 2 aromatic rings. The average Bonchev–Trinajstić information content (AvgIpc) is 2.73. The number of anilines is 2. The molecule has 0 atom stereocenters. The summed E-state index contributed by atoms with van der Waals surface area (Å²) < 4.78 is 6.41. The van der Waals surface area contributed by atoms with Gasteiger partial charge in [-0.25, -0.2) is 4.79 Å². The number of nitrogens with zero attached hydrogens (tertiary/aromatic N) is 3. The second kappa shape index (κ2) is 10.6. The number of nitrogens with one attached hydrogen (secondary N) is 1. The van der Waals surface area contributed by atoms with E-state index in [1.807, 2.05) is 43.3 Å². The minimum atomic E-state index is -0.0859. The van der Waals surface area contributed by atoms with E-state index in [0.29, 0.717) is 13.1 Å². The molecule has 0 radical (unpaired) electrons. The Bertz CT molecular complexity index is 774. The summed E-state index contributed by atoms with van der Waals surface area (Å²) >= 11 is 3.43. The van der Waals surface area contributed by atoms with E-state index in [1.165, 1.54) is 0 Å². The van der Waals surface area contributed by atoms with Gasteiger partial charge in [0.05, 0.1) is 13.2 Å². The SMILES string of the molecule is CN(C)c1ccc(CN(CCN2CCOCC2)C(=O)Nc2ccc(Br)cc2)cc1. The van der Waals surface area contributed by atoms with Gasteiger partial charge in [0.25, 0.3) is 0 Å². The number of rotatable bonds is 7. The first-order valence-corrected chi connectivity index (χ1v) is 10.7. The highest BCUT2D eigenvalue weighted by atomic mass is 79.9. The standard InChI is InChI=1S/C22H29BrN4O2/c1-25(2)21-9-3-18(4-10-21)17-27(12-11-26-13-15-29-16-14-26)22(28)24-20-7-5-19(23)6-8-20/h3-10H,11-17H2,1-2H3,(H,24,28). The molecule has 0 aromatic heterocycles. The third kappa shape index (κ3) is 6.73. The molecule has 0 aliphatic carbocycles. The summed E-state index contributed by atoms with van der Waals surface area (Å²) in [4.78, 5) is 19.3. The van der Waals surface area contributed by atoms with Crippen LogP contribution in [0.2, 0.25) is 0 Å². The summed E-state index contributed by atoms with van der Waals surface area (Å²) in [5, 5.41) is 3.02. The Kier molecular flexibility index (Phi) is 7.91. The van der Waals surface area contributed by atoms with Crippen molar-refractivity contribution in [2.24, 2.45) is 0 Å². The Hall–Kier alpha value is -2.09. The Morgan fingerprint density at radius 3 is 2.34 bits per heavy atom. The van der Waals surface area contributed by atoms with Gasteiger partial charge < -0.3 is 19.9 Å². The van der Waals surface area contributed by atoms with Gasteiger partial charge >= 0.3 is 6.03 Å². The summed E-state index contributed by atoms with van der Waals surface area (Å²) in [6, 6.07) is 15.9. The number of benzene rings is 2. The van der Waals surface area contributed by atoms with Gasteiger partial charge in [-0.05, 0) is 42.0 Å². The van der Waals surface area contributed by atoms with Crippen LogP contribution in [0.25, 0.3) is 0 Å². The van der Waals surface area contributed by atoms with Crippen LogP contribution in [-0.2, 0) is 11.3 Å². The van der Waals surface area contributed by atoms with Crippen LogP contribution in [0.5, 0.6) is 0 Å². The van der Waals surface area contributed by atoms with E-state index in [9.17, 15) is 4.79 Å². The second-order valence-corrected chi connectivity index (χ2v) is 8.29. The van der Waals surface area contributed by atoms with Crippen molar-refractivity contribution in [2.75, 3.05) is 63.7 Å². The van der Waals surface area contributed by atoms with Gasteiger partial charge in [-0.15, -0.1) is 0 Å². The van der Waals surface area contributed by atoms with Crippen molar-refractivity contribution in [1.82, 2.24) is 9.80 Å². The van der Waals surface area contributed by atoms with E-state index >= 15 is 0 Å². The van der Waals surface area contributed by atoms with Crippen molar-refractivity contribution in [2.45, 2.75) is 6.54 Å². The number of carbonyl (C=O) groups excluding carboxylic acids is 1. The lowest BCUT2D eigenvalue weighted by atomic mass is 10.2. The lowest BCUT2D eigenvalue weighted by molar-refractivity contribution is 0.0349. The van der Waals surface area contributed by atoms with Gasteiger partial charge in [0.15, 0.2) is 0 Å². The average molecular weight is 461 g/mol. The number of hydrogen-bond donors (Lipinski definition) is 1. The van der Waals surface area contributed by atoms with Crippen LogP contribution in [0.4, 0.5) is 16.2 Å². The molecule has 1 saturated heterocycles. The summed E-state index contributed by atoms with van der Waals surface area (Å²) in [6.45, 7) is 5.43. The highest BCUT2D eigenvalue weighted by Crippen LogP contribution is 2.17. The van der Waals surface area contributed by atoms with Crippen LogP contribution in [0, 0.1) is 0 Å². The maximum atomic E-state index is 13.0. The monoisotopic (exact) mass is 460 g/mol. The zero-order valence-corrected chi connectivity index (χ0v) is 18.7. The van der Waals surface area contributed by atoms with Crippen molar-refractivity contribution in [3.8, 4) is 0 Å². The minimum Gasteiger partial charge on any atom is -0.379 e. The van der Waals surface area contributed by atoms with Crippen LogP contribution in [-0.4, -0.2) is 69.3 Å². The minimum absolute atomic E-state index is 0.0859. The molecule has 0 saturated carbocycles. The molecule has 1 fully saturated rings. The van der Waals surface area contributed by atoms with Crippen molar-refractivity contribution in [3.05, 3.63) is 58.6 Å². The molecule has 7 heteroatoms. The molecule has 1 N–H and O–H groups in total. The lowest BCUT2D eigenvalue weighted by Gasteiger charge is -2.30. The molecule has 0 spiro atoms. The number of hydrogen-bond acceptors (Lipinski definition) is 4. The van der Waals surface area contributed by atoms with E-state index < -0.39 is 0 Å². The van der Waals surface area contributed by atoms with Crippen molar-refractivity contribution in [1.29, 1.82) is 0 Å². The van der Waals surface area contributed by atoms with E-state index in [4.69, 9.17) is 4.74 Å². The van der Waals surface area contributed by atoms with Gasteiger partial charge in [-0.3, -0.25) is 4.90 Å². The largest absolute Gasteiger partial charge is 0.379 e. The van der Waals surface area contributed by atoms with Crippen LogP contribution >= 0.6 is 15.9 Å². The van der Waals surface area contributed by atoms with Crippen LogP contribution in [0.15, 0.2) is 53.0 Å². The number of morpholine rings is 1. The van der Waals surface area contributed by atoms with E-state index in [0.717, 1.165) is 54.3 Å². The molecule has 29 heavy (non-hydrogen) atoms. The molecule has 1 aliphatic rings. The molecule has 2 aromatic carbocycles. The third-order valence-corrected chi connectivity index (χ3v) is 5.53. The first kappa shape index (κ1) is 21.6. The first-order chi connectivity index (χ1) is 14.0. The number of carbonyl (C=O) groups is 1. The molecule has 0 bridgehead atoms. The molecule has 6 nitrogen and oxygen atoms in total.